The Kier molecular flexibility index (Phi) is 9.51. The van der Waals surface area contributed by atoms with Crippen LogP contribution in [-0.4, -0.2) is 41.9 Å². The molecule has 7 nitrogen and oxygen atoms in total. The Morgan fingerprint density at radius 1 is 1.25 bits per heavy atom. The lowest BCUT2D eigenvalue weighted by molar-refractivity contribution is -0.174. The van der Waals surface area contributed by atoms with Gasteiger partial charge in [-0.2, -0.15) is 0 Å². The molecule has 2 N–H and O–H groups in total. The van der Waals surface area contributed by atoms with Gasteiger partial charge in [0.15, 0.2) is 6.30 Å². The van der Waals surface area contributed by atoms with Crippen molar-refractivity contribution < 1.29 is 32.9 Å². The molecule has 9 heteroatoms. The number of rotatable bonds is 9. The van der Waals surface area contributed by atoms with Gasteiger partial charge in [0.05, 0.1) is 5.41 Å². The van der Waals surface area contributed by atoms with E-state index < -0.39 is 37.4 Å². The molecule has 0 aliphatic rings. The molecule has 142 valence electrons. The second-order valence-corrected chi connectivity index (χ2v) is 9.26. The lowest BCUT2D eigenvalue weighted by Gasteiger charge is -2.21. The number of alkyl halides is 1. The van der Waals surface area contributed by atoms with E-state index in [1.165, 1.54) is 6.92 Å². The summed E-state index contributed by atoms with van der Waals surface area (Å²) in [5.74, 6) is -0.559. The monoisotopic (exact) mass is 369 g/mol. The third kappa shape index (κ3) is 10.6. The fourth-order valence-corrected chi connectivity index (χ4v) is 3.23. The predicted molar refractivity (Wildman–Crippen MR) is 88.6 cm³/mol. The number of alkyl carbamates (subject to hydrolysis) is 1. The first kappa shape index (κ1) is 22.9. The van der Waals surface area contributed by atoms with Gasteiger partial charge in [0.1, 0.15) is 0 Å². The second-order valence-electron chi connectivity index (χ2n) is 6.68. The van der Waals surface area contributed by atoms with E-state index >= 15 is 0 Å². The van der Waals surface area contributed by atoms with E-state index in [9.17, 15) is 23.4 Å². The van der Waals surface area contributed by atoms with Crippen molar-refractivity contribution in [1.29, 1.82) is 0 Å². The van der Waals surface area contributed by atoms with Crippen LogP contribution < -0.4 is 5.32 Å². The molecule has 3 atom stereocenters. The molecule has 0 aromatic rings. The maximum absolute atomic E-state index is 13.7. The maximum Gasteiger partial charge on any atom is 0.412 e. The molecule has 0 aromatic carbocycles. The average molecular weight is 369 g/mol. The van der Waals surface area contributed by atoms with E-state index in [1.54, 1.807) is 20.8 Å². The van der Waals surface area contributed by atoms with Crippen LogP contribution in [0.4, 0.5) is 9.18 Å². The minimum Gasteiger partial charge on any atom is -0.425 e. The van der Waals surface area contributed by atoms with E-state index in [-0.39, 0.29) is 18.7 Å². The zero-order valence-electron chi connectivity index (χ0n) is 15.0. The zero-order chi connectivity index (χ0) is 19.0. The molecular formula is C15H29FNO6P. The number of nitrogens with one attached hydrogen (secondary N) is 1. The van der Waals surface area contributed by atoms with Crippen molar-refractivity contribution in [2.24, 2.45) is 5.41 Å². The summed E-state index contributed by atoms with van der Waals surface area (Å²) in [6.45, 7) is 8.16. The van der Waals surface area contributed by atoms with Crippen molar-refractivity contribution in [2.45, 2.75) is 66.5 Å². The summed E-state index contributed by atoms with van der Waals surface area (Å²) < 4.78 is 35.0. The summed E-state index contributed by atoms with van der Waals surface area (Å²) in [7, 11) is -3.37. The summed E-state index contributed by atoms with van der Waals surface area (Å²) in [5.41, 5.74) is -0.752. The number of ether oxygens (including phenoxy) is 2. The highest BCUT2D eigenvalue weighted by Gasteiger charge is 2.27. The molecule has 0 aromatic heterocycles. The van der Waals surface area contributed by atoms with Gasteiger partial charge in [0, 0.05) is 25.7 Å². The Balaban J connectivity index is 4.18. The average Bonchev–Trinajstić information content (AvgIpc) is 2.41. The molecular weight excluding hydrogens is 340 g/mol. The Labute approximate surface area is 142 Å². The zero-order valence-corrected chi connectivity index (χ0v) is 15.9. The van der Waals surface area contributed by atoms with Crippen molar-refractivity contribution in [3.63, 3.8) is 0 Å². The van der Waals surface area contributed by atoms with Crippen molar-refractivity contribution >= 4 is 19.4 Å². The topological polar surface area (TPSA) is 102 Å². The predicted octanol–water partition coefficient (Wildman–Crippen LogP) is 3.40. The second kappa shape index (κ2) is 9.99. The van der Waals surface area contributed by atoms with Crippen LogP contribution >= 0.6 is 7.37 Å². The lowest BCUT2D eigenvalue weighted by Crippen LogP contribution is -2.37. The van der Waals surface area contributed by atoms with Gasteiger partial charge in [0.25, 0.3) is 0 Å². The molecule has 0 aliphatic heterocycles. The first-order valence-corrected chi connectivity index (χ1v) is 10.0. The maximum atomic E-state index is 13.7. The van der Waals surface area contributed by atoms with Crippen molar-refractivity contribution in [1.82, 2.24) is 5.32 Å². The molecule has 1 amide bonds. The fraction of sp³-hybridized carbons (Fsp3) is 0.867. The molecule has 0 saturated carbocycles. The molecule has 0 fully saturated rings. The highest BCUT2D eigenvalue weighted by molar-refractivity contribution is 7.57. The van der Waals surface area contributed by atoms with Gasteiger partial charge in [-0.1, -0.05) is 13.3 Å². The van der Waals surface area contributed by atoms with Crippen LogP contribution in [0.5, 0.6) is 0 Å². The van der Waals surface area contributed by atoms with Crippen molar-refractivity contribution in [3.05, 3.63) is 0 Å². The van der Waals surface area contributed by atoms with E-state index in [2.05, 4.69) is 0 Å². The summed E-state index contributed by atoms with van der Waals surface area (Å²) >= 11 is 0. The SMILES string of the molecule is CCCCP(=O)(O)CCC(F)NC(=O)OC(C)OC(=O)C(C)(C)C. The lowest BCUT2D eigenvalue weighted by atomic mass is 9.97. The number of hydrogen-bond donors (Lipinski definition) is 2. The van der Waals surface area contributed by atoms with E-state index in [4.69, 9.17) is 9.47 Å². The molecule has 0 heterocycles. The highest BCUT2D eigenvalue weighted by atomic mass is 31.2. The molecule has 0 spiro atoms. The third-order valence-electron chi connectivity index (χ3n) is 3.03. The smallest absolute Gasteiger partial charge is 0.412 e. The van der Waals surface area contributed by atoms with Gasteiger partial charge in [0.2, 0.25) is 13.7 Å². The minimum absolute atomic E-state index is 0.139. The van der Waals surface area contributed by atoms with Crippen LogP contribution in [0.1, 0.15) is 53.9 Å². The summed E-state index contributed by atoms with van der Waals surface area (Å²) in [6.07, 6.45) is -3.08. The van der Waals surface area contributed by atoms with Crippen molar-refractivity contribution in [2.75, 3.05) is 12.3 Å². The Hall–Kier alpha value is -1.14. The first-order chi connectivity index (χ1) is 10.9. The van der Waals surface area contributed by atoms with Gasteiger partial charge < -0.3 is 14.4 Å². The van der Waals surface area contributed by atoms with Crippen LogP contribution in [0.15, 0.2) is 0 Å². The van der Waals surface area contributed by atoms with Crippen LogP contribution in [0.2, 0.25) is 0 Å². The van der Waals surface area contributed by atoms with E-state index in [0.29, 0.717) is 6.42 Å². The Bertz CT molecular complexity index is 465. The van der Waals surface area contributed by atoms with Gasteiger partial charge in [-0.15, -0.1) is 0 Å². The molecule has 24 heavy (non-hydrogen) atoms. The molecule has 0 radical (unpaired) electrons. The number of amides is 1. The fourth-order valence-electron chi connectivity index (χ4n) is 1.57. The summed E-state index contributed by atoms with van der Waals surface area (Å²) in [6, 6.07) is 0. The van der Waals surface area contributed by atoms with Crippen molar-refractivity contribution in [3.8, 4) is 0 Å². The summed E-state index contributed by atoms with van der Waals surface area (Å²) in [5, 5.41) is 1.90. The number of halogens is 1. The van der Waals surface area contributed by atoms with E-state index in [0.717, 1.165) is 6.42 Å². The summed E-state index contributed by atoms with van der Waals surface area (Å²) in [4.78, 5) is 32.7. The van der Waals surface area contributed by atoms with Crippen LogP contribution in [0, 0.1) is 5.41 Å². The van der Waals surface area contributed by atoms with Gasteiger partial charge in [-0.3, -0.25) is 14.7 Å². The molecule has 0 bridgehead atoms. The Morgan fingerprint density at radius 3 is 2.33 bits per heavy atom. The minimum atomic E-state index is -3.37. The molecule has 3 unspecified atom stereocenters. The largest absolute Gasteiger partial charge is 0.425 e. The standard InChI is InChI=1S/C15H29FNO6P/c1-6-7-9-24(20,21)10-8-12(16)17-14(19)23-11(2)22-13(18)15(3,4)5/h11-12H,6-10H2,1-5H3,(H,17,19)(H,20,21). The molecule has 0 saturated heterocycles. The van der Waals surface area contributed by atoms with Crippen LogP contribution in [-0.2, 0) is 18.8 Å². The third-order valence-corrected chi connectivity index (χ3v) is 5.00. The highest BCUT2D eigenvalue weighted by Crippen LogP contribution is 2.42. The number of unbranched alkanes of at least 4 members (excludes halogenated alkanes) is 1. The van der Waals surface area contributed by atoms with Crippen LogP contribution in [0.25, 0.3) is 0 Å². The molecule has 0 rings (SSSR count). The quantitative estimate of drug-likeness (QED) is 0.279. The Morgan fingerprint density at radius 2 is 1.83 bits per heavy atom. The number of esters is 1. The molecule has 0 aliphatic carbocycles. The number of hydrogen-bond acceptors (Lipinski definition) is 5. The van der Waals surface area contributed by atoms with E-state index in [1.807, 2.05) is 12.2 Å². The number of carbonyl (C=O) groups excluding carboxylic acids is 2. The van der Waals surface area contributed by atoms with Gasteiger partial charge in [-0.25, -0.2) is 9.18 Å². The normalized spacial score (nSPS) is 16.6. The first-order valence-electron chi connectivity index (χ1n) is 8.00. The van der Waals surface area contributed by atoms with Crippen LogP contribution in [0.3, 0.4) is 0 Å². The number of carbonyl (C=O) groups is 2. The van der Waals surface area contributed by atoms with Gasteiger partial charge in [-0.05, 0) is 27.2 Å². The van der Waals surface area contributed by atoms with Gasteiger partial charge >= 0.3 is 12.1 Å².